The van der Waals surface area contributed by atoms with Crippen molar-refractivity contribution < 1.29 is 32.2 Å². The summed E-state index contributed by atoms with van der Waals surface area (Å²) in [5.74, 6) is -4.94. The van der Waals surface area contributed by atoms with Crippen LogP contribution in [0, 0.1) is 5.95 Å². The van der Waals surface area contributed by atoms with Crippen LogP contribution in [0.2, 0.25) is 0 Å². The Balaban J connectivity index is 3.39. The first kappa shape index (κ1) is 13.5. The maximum Gasteiger partial charge on any atom is 0.573 e. The Morgan fingerprint density at radius 3 is 2.53 bits per heavy atom. The molecule has 0 spiro atoms. The molecule has 9 heteroatoms. The second-order valence-electron chi connectivity index (χ2n) is 2.76. The number of ether oxygens (including phenoxy) is 1. The van der Waals surface area contributed by atoms with Crippen molar-refractivity contribution in [3.05, 3.63) is 23.3 Å². The highest BCUT2D eigenvalue weighted by molar-refractivity contribution is 6.17. The summed E-state index contributed by atoms with van der Waals surface area (Å²) in [6, 6.07) is 0. The van der Waals surface area contributed by atoms with Crippen LogP contribution in [0.5, 0.6) is 5.75 Å². The number of halogens is 5. The van der Waals surface area contributed by atoms with Gasteiger partial charge in [-0.05, 0) is 0 Å². The van der Waals surface area contributed by atoms with Gasteiger partial charge < -0.3 is 9.84 Å². The summed E-state index contributed by atoms with van der Waals surface area (Å²) in [6.45, 7) is 0. The van der Waals surface area contributed by atoms with Crippen molar-refractivity contribution in [1.82, 2.24) is 4.98 Å². The number of hydrogen-bond acceptors (Lipinski definition) is 3. The van der Waals surface area contributed by atoms with Crippen LogP contribution in [0.4, 0.5) is 17.6 Å². The van der Waals surface area contributed by atoms with Crippen LogP contribution in [0.25, 0.3) is 0 Å². The molecule has 0 aliphatic heterocycles. The van der Waals surface area contributed by atoms with Gasteiger partial charge in [0.05, 0.1) is 11.4 Å². The predicted molar refractivity (Wildman–Crippen MR) is 47.4 cm³/mol. The van der Waals surface area contributed by atoms with E-state index in [0.29, 0.717) is 6.20 Å². The number of pyridine rings is 1. The molecule has 1 rings (SSSR count). The predicted octanol–water partition coefficient (Wildman–Crippen LogP) is 2.56. The van der Waals surface area contributed by atoms with Crippen molar-refractivity contribution in [3.8, 4) is 5.75 Å². The fourth-order valence-corrected chi connectivity index (χ4v) is 1.25. The number of aromatic carboxylic acids is 1. The Morgan fingerprint density at radius 2 is 2.12 bits per heavy atom. The summed E-state index contributed by atoms with van der Waals surface area (Å²) in [5.41, 5.74) is -1.68. The lowest BCUT2D eigenvalue weighted by atomic mass is 10.2. The minimum Gasteiger partial charge on any atom is -0.477 e. The van der Waals surface area contributed by atoms with E-state index in [2.05, 4.69) is 9.72 Å². The van der Waals surface area contributed by atoms with Crippen molar-refractivity contribution >= 4 is 17.6 Å². The minimum atomic E-state index is -5.15. The van der Waals surface area contributed by atoms with E-state index < -0.39 is 41.0 Å². The van der Waals surface area contributed by atoms with Crippen molar-refractivity contribution in [3.63, 3.8) is 0 Å². The zero-order valence-corrected chi connectivity index (χ0v) is 8.64. The summed E-state index contributed by atoms with van der Waals surface area (Å²) in [4.78, 5) is 13.6. The number of aromatic nitrogens is 1. The van der Waals surface area contributed by atoms with Crippen molar-refractivity contribution in [2.75, 3.05) is 0 Å². The Morgan fingerprint density at radius 1 is 1.53 bits per heavy atom. The molecule has 17 heavy (non-hydrogen) atoms. The molecule has 1 heterocycles. The maximum absolute atomic E-state index is 13.0. The first-order chi connectivity index (χ1) is 7.76. The van der Waals surface area contributed by atoms with Crippen molar-refractivity contribution in [2.45, 2.75) is 12.2 Å². The number of rotatable bonds is 3. The standard InChI is InChI=1S/C8H4ClF4NO3/c9-1-3-5(17-8(11,12)13)4(7(15)16)2-14-6(3)10/h2H,1H2,(H,15,16). The molecule has 0 bridgehead atoms. The van der Waals surface area contributed by atoms with Gasteiger partial charge in [0, 0.05) is 6.20 Å². The van der Waals surface area contributed by atoms with Crippen LogP contribution < -0.4 is 4.74 Å². The Kier molecular flexibility index (Phi) is 3.76. The van der Waals surface area contributed by atoms with Gasteiger partial charge in [-0.1, -0.05) is 0 Å². The average Bonchev–Trinajstić information content (AvgIpc) is 2.15. The number of carboxylic acids is 1. The van der Waals surface area contributed by atoms with Gasteiger partial charge in [-0.25, -0.2) is 9.78 Å². The zero-order chi connectivity index (χ0) is 13.2. The quantitative estimate of drug-likeness (QED) is 0.522. The van der Waals surface area contributed by atoms with Gasteiger partial charge in [0.2, 0.25) is 5.95 Å². The number of carboxylic acid groups (broad SMARTS) is 1. The van der Waals surface area contributed by atoms with Crippen LogP contribution in [0.1, 0.15) is 15.9 Å². The molecular weight excluding hydrogens is 270 g/mol. The van der Waals surface area contributed by atoms with E-state index in [9.17, 15) is 22.4 Å². The number of alkyl halides is 4. The van der Waals surface area contributed by atoms with E-state index in [0.717, 1.165) is 0 Å². The monoisotopic (exact) mass is 273 g/mol. The Labute approximate surface area is 96.8 Å². The third-order valence-corrected chi connectivity index (χ3v) is 1.92. The van der Waals surface area contributed by atoms with Crippen LogP contribution in [-0.2, 0) is 5.88 Å². The molecule has 1 aromatic heterocycles. The van der Waals surface area contributed by atoms with Gasteiger partial charge in [-0.3, -0.25) is 0 Å². The fraction of sp³-hybridized carbons (Fsp3) is 0.250. The summed E-state index contributed by atoms with van der Waals surface area (Å²) in [6.07, 6.45) is -4.73. The second-order valence-corrected chi connectivity index (χ2v) is 3.02. The maximum atomic E-state index is 13.0. The Bertz CT molecular complexity index is 449. The molecule has 0 saturated carbocycles. The molecule has 0 radical (unpaired) electrons. The summed E-state index contributed by atoms with van der Waals surface area (Å²) in [5, 5.41) is 8.62. The van der Waals surface area contributed by atoms with Crippen molar-refractivity contribution in [1.29, 1.82) is 0 Å². The lowest BCUT2D eigenvalue weighted by molar-refractivity contribution is -0.275. The normalized spacial score (nSPS) is 11.4. The number of hydrogen-bond donors (Lipinski definition) is 1. The molecule has 0 aliphatic rings. The molecule has 0 aliphatic carbocycles. The van der Waals surface area contributed by atoms with E-state index in [1.165, 1.54) is 0 Å². The van der Waals surface area contributed by atoms with Gasteiger partial charge >= 0.3 is 12.3 Å². The van der Waals surface area contributed by atoms with E-state index in [4.69, 9.17) is 16.7 Å². The molecule has 0 fully saturated rings. The largest absolute Gasteiger partial charge is 0.573 e. The van der Waals surface area contributed by atoms with Crippen LogP contribution >= 0.6 is 11.6 Å². The summed E-state index contributed by atoms with van der Waals surface area (Å²) >= 11 is 5.22. The third-order valence-electron chi connectivity index (χ3n) is 1.66. The summed E-state index contributed by atoms with van der Waals surface area (Å²) < 4.78 is 52.6. The van der Waals surface area contributed by atoms with Crippen LogP contribution in [0.3, 0.4) is 0 Å². The molecular formula is C8H4ClF4NO3. The molecule has 0 atom stereocenters. The average molecular weight is 274 g/mol. The van der Waals surface area contributed by atoms with E-state index in [1.54, 1.807) is 0 Å². The molecule has 4 nitrogen and oxygen atoms in total. The SMILES string of the molecule is O=C(O)c1cnc(F)c(CCl)c1OC(F)(F)F. The molecule has 1 N–H and O–H groups in total. The molecule has 0 amide bonds. The minimum absolute atomic E-state index is 0.425. The van der Waals surface area contributed by atoms with Gasteiger partial charge in [0.1, 0.15) is 5.56 Å². The highest BCUT2D eigenvalue weighted by Gasteiger charge is 2.35. The molecule has 94 valence electrons. The Hall–Kier alpha value is -1.57. The first-order valence-corrected chi connectivity index (χ1v) is 4.52. The smallest absolute Gasteiger partial charge is 0.477 e. The van der Waals surface area contributed by atoms with Crippen LogP contribution in [0.15, 0.2) is 6.20 Å². The van der Waals surface area contributed by atoms with E-state index in [1.807, 2.05) is 0 Å². The molecule has 0 aromatic carbocycles. The second kappa shape index (κ2) is 4.74. The van der Waals surface area contributed by atoms with Gasteiger partial charge in [-0.2, -0.15) is 4.39 Å². The molecule has 1 aromatic rings. The number of carbonyl (C=O) groups is 1. The van der Waals surface area contributed by atoms with Crippen LogP contribution in [-0.4, -0.2) is 22.4 Å². The van der Waals surface area contributed by atoms with Gasteiger partial charge in [-0.15, -0.1) is 24.8 Å². The topological polar surface area (TPSA) is 59.4 Å². The highest BCUT2D eigenvalue weighted by atomic mass is 35.5. The third kappa shape index (κ3) is 3.19. The first-order valence-electron chi connectivity index (χ1n) is 3.98. The molecule has 0 unspecified atom stereocenters. The molecule has 0 saturated heterocycles. The fourth-order valence-electron chi connectivity index (χ4n) is 1.01. The lowest BCUT2D eigenvalue weighted by Gasteiger charge is -2.14. The lowest BCUT2D eigenvalue weighted by Crippen LogP contribution is -2.21. The van der Waals surface area contributed by atoms with E-state index >= 15 is 0 Å². The van der Waals surface area contributed by atoms with Crippen molar-refractivity contribution in [2.24, 2.45) is 0 Å². The van der Waals surface area contributed by atoms with Gasteiger partial charge in [0.25, 0.3) is 0 Å². The van der Waals surface area contributed by atoms with Gasteiger partial charge in [0.15, 0.2) is 5.75 Å². The zero-order valence-electron chi connectivity index (χ0n) is 7.89. The summed E-state index contributed by atoms with van der Waals surface area (Å²) in [7, 11) is 0. The van der Waals surface area contributed by atoms with E-state index in [-0.39, 0.29) is 0 Å². The number of nitrogens with zero attached hydrogens (tertiary/aromatic N) is 1. The highest BCUT2D eigenvalue weighted by Crippen LogP contribution is 2.32.